The first-order chi connectivity index (χ1) is 16.7. The SMILES string of the molecule is CC(=O)N1CC[C@@H](c2ccc(Cl)cc2)[C@H]1C(=O)N1CCN(c2ccc(C)cc2[C@@H](N)C(C)C)CC1. The lowest BCUT2D eigenvalue weighted by Gasteiger charge is -2.40. The van der Waals surface area contributed by atoms with Crippen molar-refractivity contribution < 1.29 is 9.59 Å². The first kappa shape index (κ1) is 25.5. The summed E-state index contributed by atoms with van der Waals surface area (Å²) in [5.41, 5.74) is 11.1. The Morgan fingerprint density at radius 3 is 2.26 bits per heavy atom. The van der Waals surface area contributed by atoms with Crippen LogP contribution >= 0.6 is 11.6 Å². The number of piperazine rings is 1. The molecule has 2 saturated heterocycles. The van der Waals surface area contributed by atoms with Crippen molar-refractivity contribution in [1.82, 2.24) is 9.80 Å². The third-order valence-electron chi connectivity index (χ3n) is 7.55. The second-order valence-corrected chi connectivity index (χ2v) is 10.7. The Morgan fingerprint density at radius 2 is 1.66 bits per heavy atom. The van der Waals surface area contributed by atoms with Crippen LogP contribution in [-0.2, 0) is 9.59 Å². The second kappa shape index (κ2) is 10.6. The van der Waals surface area contributed by atoms with Gasteiger partial charge in [0, 0.05) is 62.3 Å². The van der Waals surface area contributed by atoms with Crippen molar-refractivity contribution in [3.63, 3.8) is 0 Å². The molecular weight excluding hydrogens is 460 g/mol. The highest BCUT2D eigenvalue weighted by Crippen LogP contribution is 2.36. The van der Waals surface area contributed by atoms with E-state index in [4.69, 9.17) is 17.3 Å². The summed E-state index contributed by atoms with van der Waals surface area (Å²) in [4.78, 5) is 32.2. The van der Waals surface area contributed by atoms with Gasteiger partial charge in [0.2, 0.25) is 11.8 Å². The smallest absolute Gasteiger partial charge is 0.246 e. The molecular formula is C28H37ClN4O2. The van der Waals surface area contributed by atoms with Crippen LogP contribution in [0.3, 0.4) is 0 Å². The van der Waals surface area contributed by atoms with E-state index in [2.05, 4.69) is 43.9 Å². The fraction of sp³-hybridized carbons (Fsp3) is 0.500. The quantitative estimate of drug-likeness (QED) is 0.667. The number of benzene rings is 2. The minimum Gasteiger partial charge on any atom is -0.368 e. The summed E-state index contributed by atoms with van der Waals surface area (Å²) in [5.74, 6) is 0.309. The number of aryl methyl sites for hydroxylation is 1. The molecule has 0 spiro atoms. The molecule has 2 aromatic rings. The summed E-state index contributed by atoms with van der Waals surface area (Å²) in [7, 11) is 0. The zero-order chi connectivity index (χ0) is 25.3. The van der Waals surface area contributed by atoms with E-state index in [0.717, 1.165) is 30.8 Å². The fourth-order valence-corrected chi connectivity index (χ4v) is 5.58. The first-order valence-electron chi connectivity index (χ1n) is 12.6. The summed E-state index contributed by atoms with van der Waals surface area (Å²) in [6.07, 6.45) is 0.775. The van der Waals surface area contributed by atoms with Crippen LogP contribution < -0.4 is 10.6 Å². The second-order valence-electron chi connectivity index (χ2n) is 10.2. The molecule has 0 saturated carbocycles. The van der Waals surface area contributed by atoms with Gasteiger partial charge in [-0.2, -0.15) is 0 Å². The van der Waals surface area contributed by atoms with Gasteiger partial charge < -0.3 is 20.4 Å². The fourth-order valence-electron chi connectivity index (χ4n) is 5.45. The average molecular weight is 497 g/mol. The summed E-state index contributed by atoms with van der Waals surface area (Å²) in [6.45, 7) is 11.3. The minimum atomic E-state index is -0.468. The predicted molar refractivity (Wildman–Crippen MR) is 142 cm³/mol. The van der Waals surface area contributed by atoms with Crippen molar-refractivity contribution in [3.8, 4) is 0 Å². The third-order valence-corrected chi connectivity index (χ3v) is 7.80. The number of hydrogen-bond acceptors (Lipinski definition) is 4. The van der Waals surface area contributed by atoms with Crippen molar-refractivity contribution >= 4 is 29.1 Å². The normalized spacial score (nSPS) is 21.5. The molecule has 2 aromatic carbocycles. The molecule has 2 aliphatic heterocycles. The molecule has 0 bridgehead atoms. The summed E-state index contributed by atoms with van der Waals surface area (Å²) >= 11 is 6.09. The van der Waals surface area contributed by atoms with Gasteiger partial charge >= 0.3 is 0 Å². The van der Waals surface area contributed by atoms with Crippen molar-refractivity contribution in [2.45, 2.75) is 52.1 Å². The molecule has 35 heavy (non-hydrogen) atoms. The molecule has 2 fully saturated rings. The number of anilines is 1. The molecule has 188 valence electrons. The number of rotatable bonds is 5. The zero-order valence-corrected chi connectivity index (χ0v) is 22.0. The van der Waals surface area contributed by atoms with E-state index in [1.54, 1.807) is 11.8 Å². The molecule has 0 aromatic heterocycles. The number of halogens is 1. The van der Waals surface area contributed by atoms with Crippen molar-refractivity contribution in [3.05, 3.63) is 64.2 Å². The van der Waals surface area contributed by atoms with Gasteiger partial charge in [-0.05, 0) is 48.6 Å². The lowest BCUT2D eigenvalue weighted by molar-refractivity contribution is -0.143. The van der Waals surface area contributed by atoms with Crippen LogP contribution in [-0.4, -0.2) is 60.4 Å². The van der Waals surface area contributed by atoms with E-state index in [0.29, 0.717) is 30.6 Å². The Hall–Kier alpha value is -2.57. The minimum absolute atomic E-state index is 0.0190. The molecule has 2 heterocycles. The number of amides is 2. The number of hydrogen-bond donors (Lipinski definition) is 1. The van der Waals surface area contributed by atoms with Crippen LogP contribution in [0.25, 0.3) is 0 Å². The molecule has 2 aliphatic rings. The van der Waals surface area contributed by atoms with Crippen LogP contribution in [0.2, 0.25) is 5.02 Å². The van der Waals surface area contributed by atoms with Gasteiger partial charge in [-0.3, -0.25) is 9.59 Å². The Bertz CT molecular complexity index is 1060. The molecule has 6 nitrogen and oxygen atoms in total. The average Bonchev–Trinajstić information content (AvgIpc) is 3.29. The van der Waals surface area contributed by atoms with E-state index in [1.807, 2.05) is 29.2 Å². The third kappa shape index (κ3) is 5.34. The standard InChI is InChI=1S/C28H37ClN4O2/c1-18(2)26(30)24-17-19(3)5-10-25(24)31-13-15-32(16-14-31)28(35)27-23(11-12-33(27)20(4)34)21-6-8-22(29)9-7-21/h5-10,17-18,23,26-27H,11-16,30H2,1-4H3/t23-,26-,27-/m0/s1. The number of carbonyl (C=O) groups is 2. The molecule has 0 radical (unpaired) electrons. The Labute approximate surface area is 214 Å². The maximum atomic E-state index is 13.8. The number of likely N-dealkylation sites (tertiary alicyclic amines) is 1. The topological polar surface area (TPSA) is 69.9 Å². The first-order valence-corrected chi connectivity index (χ1v) is 13.0. The largest absolute Gasteiger partial charge is 0.368 e. The van der Waals surface area contributed by atoms with Gasteiger partial charge in [0.1, 0.15) is 6.04 Å². The molecule has 7 heteroatoms. The van der Waals surface area contributed by atoms with Gasteiger partial charge in [0.15, 0.2) is 0 Å². The van der Waals surface area contributed by atoms with E-state index >= 15 is 0 Å². The zero-order valence-electron chi connectivity index (χ0n) is 21.2. The van der Waals surface area contributed by atoms with E-state index < -0.39 is 6.04 Å². The highest BCUT2D eigenvalue weighted by atomic mass is 35.5. The highest BCUT2D eigenvalue weighted by Gasteiger charge is 2.43. The maximum Gasteiger partial charge on any atom is 0.246 e. The molecule has 2 amide bonds. The number of carbonyl (C=O) groups excluding carboxylic acids is 2. The molecule has 0 unspecified atom stereocenters. The summed E-state index contributed by atoms with van der Waals surface area (Å²) in [6, 6.07) is 13.6. The van der Waals surface area contributed by atoms with Gasteiger partial charge in [0.25, 0.3) is 0 Å². The van der Waals surface area contributed by atoms with Crippen LogP contribution in [0, 0.1) is 12.8 Å². The molecule has 4 rings (SSSR count). The van der Waals surface area contributed by atoms with E-state index in [1.165, 1.54) is 11.1 Å². The molecule has 0 aliphatic carbocycles. The highest BCUT2D eigenvalue weighted by molar-refractivity contribution is 6.30. The summed E-state index contributed by atoms with van der Waals surface area (Å²) < 4.78 is 0. The van der Waals surface area contributed by atoms with Crippen LogP contribution in [0.1, 0.15) is 55.8 Å². The molecule has 3 atom stereocenters. The van der Waals surface area contributed by atoms with Gasteiger partial charge in [-0.1, -0.05) is 55.3 Å². The van der Waals surface area contributed by atoms with Crippen molar-refractivity contribution in [1.29, 1.82) is 0 Å². The Kier molecular flexibility index (Phi) is 7.72. The van der Waals surface area contributed by atoms with Gasteiger partial charge in [-0.25, -0.2) is 0 Å². The van der Waals surface area contributed by atoms with Crippen molar-refractivity contribution in [2.24, 2.45) is 11.7 Å². The number of nitrogens with zero attached hydrogens (tertiary/aromatic N) is 3. The predicted octanol–water partition coefficient (Wildman–Crippen LogP) is 4.36. The van der Waals surface area contributed by atoms with Crippen LogP contribution in [0.5, 0.6) is 0 Å². The van der Waals surface area contributed by atoms with Gasteiger partial charge in [0.05, 0.1) is 0 Å². The monoisotopic (exact) mass is 496 g/mol. The van der Waals surface area contributed by atoms with Crippen molar-refractivity contribution in [2.75, 3.05) is 37.6 Å². The van der Waals surface area contributed by atoms with E-state index in [9.17, 15) is 9.59 Å². The van der Waals surface area contributed by atoms with Gasteiger partial charge in [-0.15, -0.1) is 0 Å². The molecule has 2 N–H and O–H groups in total. The van der Waals surface area contributed by atoms with E-state index in [-0.39, 0.29) is 23.8 Å². The lowest BCUT2D eigenvalue weighted by Crippen LogP contribution is -2.55. The maximum absolute atomic E-state index is 13.8. The Balaban J connectivity index is 1.51. The van der Waals surface area contributed by atoms with Crippen LogP contribution in [0.15, 0.2) is 42.5 Å². The lowest BCUT2D eigenvalue weighted by atomic mass is 9.90. The number of nitrogens with two attached hydrogens (primary N) is 1. The Morgan fingerprint density at radius 1 is 1.00 bits per heavy atom. The summed E-state index contributed by atoms with van der Waals surface area (Å²) in [5, 5.41) is 0.668. The van der Waals surface area contributed by atoms with Crippen LogP contribution in [0.4, 0.5) is 5.69 Å².